The summed E-state index contributed by atoms with van der Waals surface area (Å²) < 4.78 is 8.11. The van der Waals surface area contributed by atoms with Crippen LogP contribution in [0.1, 0.15) is 23.6 Å². The number of hydrogen-bond donors (Lipinski definition) is 1. The highest BCUT2D eigenvalue weighted by molar-refractivity contribution is 9.13. The van der Waals surface area contributed by atoms with Gasteiger partial charge >= 0.3 is 0 Å². The molecule has 0 aliphatic carbocycles. The lowest BCUT2D eigenvalue weighted by molar-refractivity contribution is 0.452. The summed E-state index contributed by atoms with van der Waals surface area (Å²) in [5.74, 6) is 0.973. The monoisotopic (exact) mass is 413 g/mol. The number of hydrogen-bond acceptors (Lipinski definition) is 3. The Labute approximate surface area is 138 Å². The van der Waals surface area contributed by atoms with Crippen molar-refractivity contribution in [1.29, 1.82) is 0 Å². The molecule has 3 aromatic rings. The zero-order valence-corrected chi connectivity index (χ0v) is 14.8. The van der Waals surface area contributed by atoms with Gasteiger partial charge in [0.05, 0.1) is 9.83 Å². The molecule has 1 N–H and O–H groups in total. The van der Waals surface area contributed by atoms with E-state index < -0.39 is 0 Å². The number of fused-ring (bicyclic) bond motifs is 1. The molecule has 0 amide bonds. The SMILES string of the molecule is CC(NCc1cc(Br)c(Br)s1)c1cc2ccccc2o1. The molecule has 1 unspecified atom stereocenters. The molecule has 104 valence electrons. The smallest absolute Gasteiger partial charge is 0.134 e. The summed E-state index contributed by atoms with van der Waals surface area (Å²) in [7, 11) is 0. The summed E-state index contributed by atoms with van der Waals surface area (Å²) in [6.45, 7) is 2.95. The van der Waals surface area contributed by atoms with Gasteiger partial charge in [-0.1, -0.05) is 18.2 Å². The minimum absolute atomic E-state index is 0.182. The molecule has 1 aromatic carbocycles. The molecule has 1 atom stereocenters. The first-order valence-corrected chi connectivity index (χ1v) is 8.69. The number of halogens is 2. The predicted molar refractivity (Wildman–Crippen MR) is 91.2 cm³/mol. The van der Waals surface area contributed by atoms with Crippen LogP contribution in [0.5, 0.6) is 0 Å². The molecule has 0 aliphatic heterocycles. The van der Waals surface area contributed by atoms with Crippen LogP contribution >= 0.6 is 43.2 Å². The zero-order chi connectivity index (χ0) is 14.1. The Morgan fingerprint density at radius 1 is 1.25 bits per heavy atom. The van der Waals surface area contributed by atoms with Crippen molar-refractivity contribution < 1.29 is 4.42 Å². The fraction of sp³-hybridized carbons (Fsp3) is 0.200. The Balaban J connectivity index is 1.70. The van der Waals surface area contributed by atoms with E-state index >= 15 is 0 Å². The minimum atomic E-state index is 0.182. The fourth-order valence-electron chi connectivity index (χ4n) is 2.05. The van der Waals surface area contributed by atoms with Crippen LogP contribution < -0.4 is 5.32 Å². The molecule has 20 heavy (non-hydrogen) atoms. The minimum Gasteiger partial charge on any atom is -0.459 e. The number of nitrogens with one attached hydrogen (secondary N) is 1. The van der Waals surface area contributed by atoms with Crippen molar-refractivity contribution in [2.75, 3.05) is 0 Å². The molecule has 0 aliphatic rings. The summed E-state index contributed by atoms with van der Waals surface area (Å²) in [6.07, 6.45) is 0. The van der Waals surface area contributed by atoms with Crippen molar-refractivity contribution in [2.24, 2.45) is 0 Å². The van der Waals surface area contributed by atoms with Gasteiger partial charge in [0.2, 0.25) is 0 Å². The zero-order valence-electron chi connectivity index (χ0n) is 10.8. The molecular weight excluding hydrogens is 402 g/mol. The lowest BCUT2D eigenvalue weighted by Gasteiger charge is -2.09. The van der Waals surface area contributed by atoms with E-state index in [0.29, 0.717) is 0 Å². The predicted octanol–water partition coefficient (Wildman–Crippen LogP) is 5.87. The summed E-state index contributed by atoms with van der Waals surface area (Å²) >= 11 is 8.76. The van der Waals surface area contributed by atoms with Crippen molar-refractivity contribution in [2.45, 2.75) is 19.5 Å². The molecule has 5 heteroatoms. The lowest BCUT2D eigenvalue weighted by atomic mass is 10.2. The van der Waals surface area contributed by atoms with Crippen molar-refractivity contribution >= 4 is 54.2 Å². The third-order valence-corrected chi connectivity index (χ3v) is 6.41. The van der Waals surface area contributed by atoms with Crippen LogP contribution in [-0.4, -0.2) is 0 Å². The Kier molecular flexibility index (Phi) is 4.31. The molecule has 2 aromatic heterocycles. The van der Waals surface area contributed by atoms with Crippen molar-refractivity contribution in [3.63, 3.8) is 0 Å². The third-order valence-electron chi connectivity index (χ3n) is 3.15. The van der Waals surface area contributed by atoms with Crippen molar-refractivity contribution in [1.82, 2.24) is 5.32 Å². The Morgan fingerprint density at radius 3 is 2.75 bits per heavy atom. The Hall–Kier alpha value is -0.620. The summed E-state index contributed by atoms with van der Waals surface area (Å²) in [4.78, 5) is 1.28. The van der Waals surface area contributed by atoms with E-state index in [2.05, 4.69) is 62.3 Å². The molecule has 0 saturated heterocycles. The van der Waals surface area contributed by atoms with Crippen LogP contribution in [-0.2, 0) is 6.54 Å². The van der Waals surface area contributed by atoms with Gasteiger partial charge in [-0.25, -0.2) is 0 Å². The largest absolute Gasteiger partial charge is 0.459 e. The molecule has 2 heterocycles. The molecule has 0 radical (unpaired) electrons. The average Bonchev–Trinajstić information content (AvgIpc) is 3.00. The second-order valence-electron chi connectivity index (χ2n) is 4.62. The first-order chi connectivity index (χ1) is 9.63. The van der Waals surface area contributed by atoms with Gasteiger partial charge in [0, 0.05) is 21.3 Å². The van der Waals surface area contributed by atoms with Gasteiger partial charge in [0.1, 0.15) is 11.3 Å². The van der Waals surface area contributed by atoms with E-state index in [-0.39, 0.29) is 6.04 Å². The number of benzene rings is 1. The maximum Gasteiger partial charge on any atom is 0.134 e. The number of thiophene rings is 1. The summed E-state index contributed by atoms with van der Waals surface area (Å²) in [5.41, 5.74) is 0.942. The average molecular weight is 415 g/mol. The molecule has 0 spiro atoms. The fourth-order valence-corrected chi connectivity index (χ4v) is 4.18. The second-order valence-corrected chi connectivity index (χ2v) is 7.93. The number of para-hydroxylation sites is 1. The highest BCUT2D eigenvalue weighted by Crippen LogP contribution is 2.32. The quantitative estimate of drug-likeness (QED) is 0.577. The van der Waals surface area contributed by atoms with E-state index in [1.54, 1.807) is 11.3 Å². The van der Waals surface area contributed by atoms with Crippen LogP contribution in [0.4, 0.5) is 0 Å². The highest BCUT2D eigenvalue weighted by Gasteiger charge is 2.12. The van der Waals surface area contributed by atoms with E-state index in [0.717, 1.165) is 31.5 Å². The standard InChI is InChI=1S/C15H13Br2NOS/c1-9(18-8-11-7-12(16)15(17)20-11)14-6-10-4-2-3-5-13(10)19-14/h2-7,9,18H,8H2,1H3. The highest BCUT2D eigenvalue weighted by atomic mass is 79.9. The van der Waals surface area contributed by atoms with E-state index in [1.807, 2.05) is 18.2 Å². The first kappa shape index (κ1) is 14.3. The van der Waals surface area contributed by atoms with Crippen molar-refractivity contribution in [3.05, 3.63) is 55.3 Å². The molecule has 0 saturated carbocycles. The molecule has 3 rings (SSSR count). The summed E-state index contributed by atoms with van der Waals surface area (Å²) in [5, 5.41) is 4.64. The second kappa shape index (κ2) is 6.02. The van der Waals surface area contributed by atoms with Crippen LogP contribution in [0, 0.1) is 0 Å². The number of furan rings is 1. The van der Waals surface area contributed by atoms with Crippen LogP contribution in [0.25, 0.3) is 11.0 Å². The van der Waals surface area contributed by atoms with Crippen LogP contribution in [0.2, 0.25) is 0 Å². The van der Waals surface area contributed by atoms with E-state index in [9.17, 15) is 0 Å². The van der Waals surface area contributed by atoms with E-state index in [4.69, 9.17) is 4.42 Å². The van der Waals surface area contributed by atoms with Crippen LogP contribution in [0.3, 0.4) is 0 Å². The Morgan fingerprint density at radius 2 is 2.05 bits per heavy atom. The maximum absolute atomic E-state index is 5.87. The number of rotatable bonds is 4. The maximum atomic E-state index is 5.87. The van der Waals surface area contributed by atoms with Gasteiger partial charge in [-0.3, -0.25) is 0 Å². The topological polar surface area (TPSA) is 25.2 Å². The summed E-state index contributed by atoms with van der Waals surface area (Å²) in [6, 6.07) is 12.5. The lowest BCUT2D eigenvalue weighted by Crippen LogP contribution is -2.16. The van der Waals surface area contributed by atoms with Gasteiger partial charge in [-0.05, 0) is 57.0 Å². The van der Waals surface area contributed by atoms with Gasteiger partial charge in [-0.15, -0.1) is 11.3 Å². The van der Waals surface area contributed by atoms with Gasteiger partial charge in [0.25, 0.3) is 0 Å². The molecule has 0 bridgehead atoms. The molecule has 0 fully saturated rings. The first-order valence-electron chi connectivity index (χ1n) is 6.29. The van der Waals surface area contributed by atoms with Gasteiger partial charge in [0.15, 0.2) is 0 Å². The normalized spacial score (nSPS) is 12.9. The Bertz CT molecular complexity index is 682. The van der Waals surface area contributed by atoms with Gasteiger partial charge in [-0.2, -0.15) is 0 Å². The van der Waals surface area contributed by atoms with Gasteiger partial charge < -0.3 is 9.73 Å². The molecular formula is C15H13Br2NOS. The molecule has 2 nitrogen and oxygen atoms in total. The van der Waals surface area contributed by atoms with Crippen molar-refractivity contribution in [3.8, 4) is 0 Å². The van der Waals surface area contributed by atoms with Crippen LogP contribution in [0.15, 0.2) is 49.1 Å². The third kappa shape index (κ3) is 3.01. The van der Waals surface area contributed by atoms with E-state index in [1.165, 1.54) is 4.88 Å².